The third kappa shape index (κ3) is 3.40. The van der Waals surface area contributed by atoms with Crippen LogP contribution in [-0.2, 0) is 4.74 Å². The van der Waals surface area contributed by atoms with E-state index in [4.69, 9.17) is 19.2 Å². The molecule has 5 aromatic rings. The van der Waals surface area contributed by atoms with Crippen LogP contribution in [0.5, 0.6) is 0 Å². The zero-order valence-electron chi connectivity index (χ0n) is 17.3. The Kier molecular flexibility index (Phi) is 4.62. The summed E-state index contributed by atoms with van der Waals surface area (Å²) in [6.45, 7) is 2.91. The van der Waals surface area contributed by atoms with Crippen molar-refractivity contribution in [1.82, 2.24) is 24.6 Å². The van der Waals surface area contributed by atoms with Gasteiger partial charge in [-0.2, -0.15) is 9.61 Å². The molecule has 158 valence electrons. The van der Waals surface area contributed by atoms with Gasteiger partial charge in [-0.25, -0.2) is 9.97 Å². The molecule has 0 bridgehead atoms. The zero-order valence-corrected chi connectivity index (χ0v) is 17.3. The largest absolute Gasteiger partial charge is 0.435 e. The average Bonchev–Trinajstić information content (AvgIpc) is 3.53. The van der Waals surface area contributed by atoms with E-state index >= 15 is 0 Å². The van der Waals surface area contributed by atoms with Crippen LogP contribution in [0, 0.1) is 0 Å². The molecule has 5 heterocycles. The zero-order chi connectivity index (χ0) is 21.3. The molecule has 1 aliphatic heterocycles. The van der Waals surface area contributed by atoms with Crippen molar-refractivity contribution in [3.8, 4) is 34.2 Å². The third-order valence-corrected chi connectivity index (χ3v) is 5.50. The molecular weight excluding hydrogens is 404 g/mol. The number of ether oxygens (including phenoxy) is 1. The predicted molar refractivity (Wildman–Crippen MR) is 120 cm³/mol. The van der Waals surface area contributed by atoms with Gasteiger partial charge in [0.15, 0.2) is 11.4 Å². The van der Waals surface area contributed by atoms with Crippen molar-refractivity contribution in [2.45, 2.75) is 0 Å². The maximum atomic E-state index is 6.08. The highest BCUT2D eigenvalue weighted by atomic mass is 16.5. The van der Waals surface area contributed by atoms with E-state index in [9.17, 15) is 0 Å². The van der Waals surface area contributed by atoms with Crippen molar-refractivity contribution in [3.63, 3.8) is 0 Å². The van der Waals surface area contributed by atoms with Crippen molar-refractivity contribution in [2.75, 3.05) is 31.2 Å². The van der Waals surface area contributed by atoms with E-state index in [1.807, 2.05) is 59.1 Å². The number of fused-ring (bicyclic) bond motifs is 1. The Labute approximate surface area is 184 Å². The van der Waals surface area contributed by atoms with E-state index in [1.165, 1.54) is 0 Å². The molecular formula is C24H20N6O2. The van der Waals surface area contributed by atoms with Crippen molar-refractivity contribution in [1.29, 1.82) is 0 Å². The molecule has 0 aliphatic carbocycles. The minimum atomic E-state index is 0.479. The fourth-order valence-corrected chi connectivity index (χ4v) is 3.88. The third-order valence-electron chi connectivity index (χ3n) is 5.50. The van der Waals surface area contributed by atoms with E-state index in [-0.39, 0.29) is 0 Å². The Morgan fingerprint density at radius 3 is 2.47 bits per heavy atom. The summed E-state index contributed by atoms with van der Waals surface area (Å²) in [5.41, 5.74) is 4.20. The number of morpholine rings is 1. The number of rotatable bonds is 4. The molecule has 0 atom stereocenters. The van der Waals surface area contributed by atoms with Crippen LogP contribution >= 0.6 is 0 Å². The molecule has 1 aliphatic rings. The van der Waals surface area contributed by atoms with Crippen LogP contribution in [0.4, 0.5) is 5.82 Å². The SMILES string of the molecule is c1ccc(-c2cnc(-c3cc(N4CCOCC4)n4nc(-c5ccncc5)cc4n3)o2)cc1. The minimum Gasteiger partial charge on any atom is -0.435 e. The second-order valence-corrected chi connectivity index (χ2v) is 7.53. The lowest BCUT2D eigenvalue weighted by atomic mass is 10.2. The Morgan fingerprint density at radius 1 is 0.844 bits per heavy atom. The quantitative estimate of drug-likeness (QED) is 0.432. The summed E-state index contributed by atoms with van der Waals surface area (Å²) in [6.07, 6.45) is 5.27. The lowest BCUT2D eigenvalue weighted by Crippen LogP contribution is -2.37. The van der Waals surface area contributed by atoms with Gasteiger partial charge in [0.1, 0.15) is 11.5 Å². The van der Waals surface area contributed by atoms with Crippen LogP contribution in [0.2, 0.25) is 0 Å². The Hall–Kier alpha value is -4.04. The molecule has 1 fully saturated rings. The monoisotopic (exact) mass is 424 g/mol. The van der Waals surface area contributed by atoms with Gasteiger partial charge >= 0.3 is 0 Å². The van der Waals surface area contributed by atoms with Crippen LogP contribution in [0.25, 0.3) is 39.8 Å². The van der Waals surface area contributed by atoms with Gasteiger partial charge in [-0.05, 0) is 12.1 Å². The van der Waals surface area contributed by atoms with Crippen molar-refractivity contribution >= 4 is 11.5 Å². The molecule has 0 amide bonds. The Morgan fingerprint density at radius 2 is 1.66 bits per heavy atom. The van der Waals surface area contributed by atoms with E-state index < -0.39 is 0 Å². The van der Waals surface area contributed by atoms with Gasteiger partial charge < -0.3 is 14.1 Å². The fraction of sp³-hybridized carbons (Fsp3) is 0.167. The number of hydrogen-bond acceptors (Lipinski definition) is 7. The molecule has 8 heteroatoms. The molecule has 0 N–H and O–H groups in total. The predicted octanol–water partition coefficient (Wildman–Crippen LogP) is 3.95. The molecule has 0 radical (unpaired) electrons. The molecule has 8 nitrogen and oxygen atoms in total. The van der Waals surface area contributed by atoms with Crippen LogP contribution in [0.15, 0.2) is 77.6 Å². The summed E-state index contributed by atoms with van der Waals surface area (Å²) in [7, 11) is 0. The molecule has 4 aromatic heterocycles. The summed E-state index contributed by atoms with van der Waals surface area (Å²) in [5, 5.41) is 4.84. The highest BCUT2D eigenvalue weighted by molar-refractivity contribution is 5.69. The first kappa shape index (κ1) is 18.7. The summed E-state index contributed by atoms with van der Waals surface area (Å²) in [4.78, 5) is 15.7. The van der Waals surface area contributed by atoms with Crippen molar-refractivity contribution in [3.05, 3.63) is 73.2 Å². The van der Waals surface area contributed by atoms with Crippen LogP contribution in [0.3, 0.4) is 0 Å². The second-order valence-electron chi connectivity index (χ2n) is 7.53. The average molecular weight is 424 g/mol. The Bertz CT molecular complexity index is 1360. The standard InChI is InChI=1S/C24H20N6O2/c1-2-4-18(5-3-1)21-16-26-24(32-21)20-15-23(29-10-12-31-13-11-29)30-22(27-20)14-19(28-30)17-6-8-25-9-7-17/h1-9,14-16H,10-13H2. The van der Waals surface area contributed by atoms with Gasteiger partial charge in [-0.3, -0.25) is 4.98 Å². The van der Waals surface area contributed by atoms with Crippen LogP contribution < -0.4 is 4.90 Å². The topological polar surface area (TPSA) is 81.6 Å². The highest BCUT2D eigenvalue weighted by Gasteiger charge is 2.20. The second kappa shape index (κ2) is 7.90. The molecule has 0 saturated carbocycles. The molecule has 0 unspecified atom stereocenters. The Balaban J connectivity index is 1.48. The lowest BCUT2D eigenvalue weighted by molar-refractivity contribution is 0.122. The first-order valence-electron chi connectivity index (χ1n) is 10.5. The number of pyridine rings is 1. The normalized spacial score (nSPS) is 14.2. The van der Waals surface area contributed by atoms with E-state index in [0.717, 1.165) is 41.4 Å². The van der Waals surface area contributed by atoms with E-state index in [1.54, 1.807) is 18.6 Å². The maximum absolute atomic E-state index is 6.08. The van der Waals surface area contributed by atoms with Gasteiger partial charge in [-0.15, -0.1) is 0 Å². The highest BCUT2D eigenvalue weighted by Crippen LogP contribution is 2.30. The number of anilines is 1. The molecule has 0 spiro atoms. The summed E-state index contributed by atoms with van der Waals surface area (Å²) in [6, 6.07) is 17.8. The van der Waals surface area contributed by atoms with Crippen LogP contribution in [-0.4, -0.2) is 50.9 Å². The number of aromatic nitrogens is 5. The van der Waals surface area contributed by atoms with Crippen molar-refractivity contribution < 1.29 is 9.15 Å². The summed E-state index contributed by atoms with van der Waals surface area (Å²) < 4.78 is 13.5. The molecule has 1 aromatic carbocycles. The van der Waals surface area contributed by atoms with Gasteiger partial charge in [0.05, 0.1) is 25.1 Å². The number of nitrogens with zero attached hydrogens (tertiary/aromatic N) is 6. The first-order valence-corrected chi connectivity index (χ1v) is 10.5. The van der Waals surface area contributed by atoms with Crippen LogP contribution in [0.1, 0.15) is 0 Å². The summed E-state index contributed by atoms with van der Waals surface area (Å²) >= 11 is 0. The number of benzene rings is 1. The van der Waals surface area contributed by atoms with Gasteiger partial charge in [0.25, 0.3) is 0 Å². The molecule has 32 heavy (non-hydrogen) atoms. The van der Waals surface area contributed by atoms with E-state index in [0.29, 0.717) is 30.6 Å². The smallest absolute Gasteiger partial charge is 0.245 e. The fourth-order valence-electron chi connectivity index (χ4n) is 3.88. The number of oxazole rings is 1. The maximum Gasteiger partial charge on any atom is 0.245 e. The first-order chi connectivity index (χ1) is 15.8. The van der Waals surface area contributed by atoms with Crippen molar-refractivity contribution in [2.24, 2.45) is 0 Å². The van der Waals surface area contributed by atoms with Gasteiger partial charge in [0, 0.05) is 48.7 Å². The minimum absolute atomic E-state index is 0.479. The lowest BCUT2D eigenvalue weighted by Gasteiger charge is -2.29. The number of hydrogen-bond donors (Lipinski definition) is 0. The molecule has 6 rings (SSSR count). The summed E-state index contributed by atoms with van der Waals surface area (Å²) in [5.74, 6) is 2.13. The molecule has 1 saturated heterocycles. The van der Waals surface area contributed by atoms with Gasteiger partial charge in [0.2, 0.25) is 5.89 Å². The van der Waals surface area contributed by atoms with Gasteiger partial charge in [-0.1, -0.05) is 30.3 Å². The van der Waals surface area contributed by atoms with E-state index in [2.05, 4.69) is 14.9 Å².